The molecule has 2 fully saturated rings. The molecule has 27 heavy (non-hydrogen) atoms. The van der Waals surface area contributed by atoms with E-state index in [1.807, 2.05) is 15.5 Å². The number of amides is 1. The number of anilines is 1. The fourth-order valence-electron chi connectivity index (χ4n) is 4.51. The number of aliphatic hydroxyl groups is 1. The Labute approximate surface area is 158 Å². The van der Waals surface area contributed by atoms with Crippen LogP contribution in [0.25, 0.3) is 5.65 Å². The van der Waals surface area contributed by atoms with Gasteiger partial charge in [0.25, 0.3) is 0 Å². The number of rotatable bonds is 2. The molecule has 5 rings (SSSR count). The first-order chi connectivity index (χ1) is 13.1. The summed E-state index contributed by atoms with van der Waals surface area (Å²) in [6, 6.07) is 1.95. The summed E-state index contributed by atoms with van der Waals surface area (Å²) in [5.41, 5.74) is 3.32. The van der Waals surface area contributed by atoms with E-state index >= 15 is 0 Å². The zero-order chi connectivity index (χ0) is 18.5. The lowest BCUT2D eigenvalue weighted by atomic mass is 9.97. The van der Waals surface area contributed by atoms with Crippen LogP contribution in [0.5, 0.6) is 0 Å². The van der Waals surface area contributed by atoms with Crippen molar-refractivity contribution in [3.05, 3.63) is 23.5 Å². The first-order valence-corrected chi connectivity index (χ1v) is 9.86. The molecular weight excluding hydrogens is 344 g/mol. The van der Waals surface area contributed by atoms with Crippen LogP contribution < -0.4 is 4.90 Å². The van der Waals surface area contributed by atoms with E-state index in [9.17, 15) is 9.90 Å². The quantitative estimate of drug-likeness (QED) is 0.788. The van der Waals surface area contributed by atoms with Gasteiger partial charge < -0.3 is 19.8 Å². The van der Waals surface area contributed by atoms with Crippen LogP contribution >= 0.6 is 0 Å². The van der Waals surface area contributed by atoms with Gasteiger partial charge in [0.2, 0.25) is 5.91 Å². The Morgan fingerprint density at radius 2 is 2.00 bits per heavy atom. The van der Waals surface area contributed by atoms with Crippen molar-refractivity contribution in [1.82, 2.24) is 24.4 Å². The molecule has 0 spiro atoms. The summed E-state index contributed by atoms with van der Waals surface area (Å²) >= 11 is 0. The molecule has 0 aromatic carbocycles. The molecule has 144 valence electrons. The van der Waals surface area contributed by atoms with Gasteiger partial charge in [-0.2, -0.15) is 9.61 Å². The van der Waals surface area contributed by atoms with E-state index in [-0.39, 0.29) is 17.9 Å². The molecule has 2 aromatic heterocycles. The van der Waals surface area contributed by atoms with Crippen LogP contribution in [0.3, 0.4) is 0 Å². The van der Waals surface area contributed by atoms with Crippen LogP contribution in [0.15, 0.2) is 12.3 Å². The van der Waals surface area contributed by atoms with Gasteiger partial charge >= 0.3 is 0 Å². The standard InChI is InChI=1S/C19H26N6O2/c1-22-7-4-15-16(5-8-22)21-17-2-6-20-25(17)18(15)24-10-13(11-24)19(27)23-9-3-14(26)12-23/h2,6,13-14,26H,3-5,7-12H2,1H3/t14-/m0/s1. The van der Waals surface area contributed by atoms with Gasteiger partial charge in [-0.05, 0) is 19.9 Å². The summed E-state index contributed by atoms with van der Waals surface area (Å²) in [4.78, 5) is 24.0. The molecule has 0 saturated carbocycles. The van der Waals surface area contributed by atoms with E-state index in [2.05, 4.69) is 21.9 Å². The van der Waals surface area contributed by atoms with E-state index in [4.69, 9.17) is 4.98 Å². The number of likely N-dealkylation sites (N-methyl/N-ethyl adjacent to an activating group) is 1. The Balaban J connectivity index is 1.41. The minimum absolute atomic E-state index is 0.0122. The number of carbonyl (C=O) groups is 1. The van der Waals surface area contributed by atoms with Crippen molar-refractivity contribution in [1.29, 1.82) is 0 Å². The molecule has 5 heterocycles. The van der Waals surface area contributed by atoms with E-state index in [0.29, 0.717) is 32.6 Å². The van der Waals surface area contributed by atoms with Gasteiger partial charge in [-0.3, -0.25) is 4.79 Å². The highest BCUT2D eigenvalue weighted by Gasteiger charge is 2.39. The average Bonchev–Trinajstić information content (AvgIpc) is 3.21. The van der Waals surface area contributed by atoms with Crippen LogP contribution in [-0.4, -0.2) is 87.8 Å². The molecule has 2 aromatic rings. The largest absolute Gasteiger partial charge is 0.391 e. The third-order valence-corrected chi connectivity index (χ3v) is 6.17. The molecule has 0 unspecified atom stereocenters. The van der Waals surface area contributed by atoms with Crippen LogP contribution in [0.1, 0.15) is 17.7 Å². The molecule has 0 aliphatic carbocycles. The van der Waals surface area contributed by atoms with Gasteiger partial charge in [-0.15, -0.1) is 0 Å². The van der Waals surface area contributed by atoms with Gasteiger partial charge in [0.05, 0.1) is 23.9 Å². The molecule has 1 N–H and O–H groups in total. The van der Waals surface area contributed by atoms with Gasteiger partial charge in [0.1, 0.15) is 5.82 Å². The maximum Gasteiger partial charge on any atom is 0.229 e. The lowest BCUT2D eigenvalue weighted by Gasteiger charge is -2.42. The molecular formula is C19H26N6O2. The lowest BCUT2D eigenvalue weighted by Crippen LogP contribution is -2.55. The number of fused-ring (bicyclic) bond motifs is 2. The normalized spacial score (nSPS) is 24.1. The van der Waals surface area contributed by atoms with Gasteiger partial charge in [-0.25, -0.2) is 4.98 Å². The smallest absolute Gasteiger partial charge is 0.229 e. The second-order valence-corrected chi connectivity index (χ2v) is 8.09. The summed E-state index contributed by atoms with van der Waals surface area (Å²) in [7, 11) is 2.15. The van der Waals surface area contributed by atoms with Gasteiger partial charge in [0, 0.05) is 57.3 Å². The van der Waals surface area contributed by atoms with Crippen molar-refractivity contribution in [2.75, 3.05) is 51.2 Å². The SMILES string of the molecule is CN1CCc2nc3ccnn3c(N3CC(C(=O)N4CC[C@H](O)C4)C3)c2CC1. The second kappa shape index (κ2) is 6.45. The Kier molecular flexibility index (Phi) is 4.05. The van der Waals surface area contributed by atoms with E-state index in [0.717, 1.165) is 37.4 Å². The second-order valence-electron chi connectivity index (χ2n) is 8.09. The topological polar surface area (TPSA) is 77.2 Å². The van der Waals surface area contributed by atoms with Crippen molar-refractivity contribution in [3.8, 4) is 0 Å². The van der Waals surface area contributed by atoms with E-state index in [1.54, 1.807) is 6.20 Å². The summed E-state index contributed by atoms with van der Waals surface area (Å²) in [6.45, 7) is 4.62. The van der Waals surface area contributed by atoms with Crippen molar-refractivity contribution >= 4 is 17.4 Å². The molecule has 2 saturated heterocycles. The monoisotopic (exact) mass is 370 g/mol. The number of nitrogens with zero attached hydrogens (tertiary/aromatic N) is 6. The van der Waals surface area contributed by atoms with Gasteiger partial charge in [-0.1, -0.05) is 0 Å². The molecule has 0 bridgehead atoms. The molecule has 0 radical (unpaired) electrons. The van der Waals surface area contributed by atoms with Crippen LogP contribution in [0.2, 0.25) is 0 Å². The van der Waals surface area contributed by atoms with Crippen molar-refractivity contribution in [3.63, 3.8) is 0 Å². The first kappa shape index (κ1) is 16.9. The van der Waals surface area contributed by atoms with Crippen LogP contribution in [0.4, 0.5) is 5.82 Å². The number of likely N-dealkylation sites (tertiary alicyclic amines) is 1. The number of β-amino-alcohol motifs (C(OH)–C–C–N with tert-alkyl or cyclic N) is 1. The van der Waals surface area contributed by atoms with Gasteiger partial charge in [0.15, 0.2) is 5.65 Å². The summed E-state index contributed by atoms with van der Waals surface area (Å²) in [5.74, 6) is 1.30. The van der Waals surface area contributed by atoms with E-state index in [1.165, 1.54) is 11.3 Å². The van der Waals surface area contributed by atoms with Crippen molar-refractivity contribution < 1.29 is 9.90 Å². The third-order valence-electron chi connectivity index (χ3n) is 6.17. The Hall–Kier alpha value is -2.19. The highest BCUT2D eigenvalue weighted by Crippen LogP contribution is 2.33. The average molecular weight is 370 g/mol. The maximum absolute atomic E-state index is 12.7. The summed E-state index contributed by atoms with van der Waals surface area (Å²) in [5, 5.41) is 14.2. The zero-order valence-electron chi connectivity index (χ0n) is 15.7. The predicted molar refractivity (Wildman–Crippen MR) is 101 cm³/mol. The summed E-state index contributed by atoms with van der Waals surface area (Å²) < 4.78 is 1.93. The number of hydrogen-bond donors (Lipinski definition) is 1. The molecule has 8 heteroatoms. The minimum Gasteiger partial charge on any atom is -0.391 e. The van der Waals surface area contributed by atoms with Crippen molar-refractivity contribution in [2.24, 2.45) is 5.92 Å². The number of aromatic nitrogens is 3. The van der Waals surface area contributed by atoms with Crippen LogP contribution in [0, 0.1) is 5.92 Å². The van der Waals surface area contributed by atoms with E-state index < -0.39 is 0 Å². The first-order valence-electron chi connectivity index (χ1n) is 9.86. The Morgan fingerprint density at radius 1 is 1.19 bits per heavy atom. The third kappa shape index (κ3) is 2.87. The lowest BCUT2D eigenvalue weighted by molar-refractivity contribution is -0.135. The highest BCUT2D eigenvalue weighted by molar-refractivity contribution is 5.82. The molecule has 1 atom stereocenters. The Bertz CT molecular complexity index is 874. The zero-order valence-corrected chi connectivity index (χ0v) is 15.7. The number of carbonyl (C=O) groups excluding carboxylic acids is 1. The molecule has 3 aliphatic rings. The number of hydrogen-bond acceptors (Lipinski definition) is 6. The summed E-state index contributed by atoms with van der Waals surface area (Å²) in [6.07, 6.45) is 4.04. The van der Waals surface area contributed by atoms with Crippen molar-refractivity contribution in [2.45, 2.75) is 25.4 Å². The minimum atomic E-state index is -0.359. The fraction of sp³-hybridized carbons (Fsp3) is 0.632. The fourth-order valence-corrected chi connectivity index (χ4v) is 4.51. The molecule has 8 nitrogen and oxygen atoms in total. The number of aliphatic hydroxyl groups excluding tert-OH is 1. The highest BCUT2D eigenvalue weighted by atomic mass is 16.3. The van der Waals surface area contributed by atoms with Crippen LogP contribution in [-0.2, 0) is 17.6 Å². The Morgan fingerprint density at radius 3 is 2.78 bits per heavy atom. The maximum atomic E-state index is 12.7. The molecule has 3 aliphatic heterocycles. The predicted octanol–water partition coefficient (Wildman–Crippen LogP) is -0.211. The molecule has 1 amide bonds.